The molecule has 1 saturated heterocycles. The summed E-state index contributed by atoms with van der Waals surface area (Å²) in [5.74, 6) is -1.77. The third kappa shape index (κ3) is 1.54. The lowest BCUT2D eigenvalue weighted by Gasteiger charge is -2.17. The molecule has 1 aliphatic carbocycles. The molecule has 2 unspecified atom stereocenters. The zero-order valence-corrected chi connectivity index (χ0v) is 9.54. The van der Waals surface area contributed by atoms with Gasteiger partial charge < -0.3 is 5.11 Å². The maximum atomic E-state index is 13.0. The standard InChI is InChI=1S/C13H12FNO3/c14-8-3-1-2-7(4-8)5-15-12(17)10-9(6-16)11(10)13(15)18/h1-4,9-11,16H,5-6H2. The van der Waals surface area contributed by atoms with Gasteiger partial charge in [-0.25, -0.2) is 4.39 Å². The highest BCUT2D eigenvalue weighted by Crippen LogP contribution is 2.53. The van der Waals surface area contributed by atoms with E-state index in [1.807, 2.05) is 0 Å². The molecule has 1 aromatic carbocycles. The van der Waals surface area contributed by atoms with Crippen LogP contribution in [0.25, 0.3) is 0 Å². The van der Waals surface area contributed by atoms with Crippen LogP contribution in [0.4, 0.5) is 4.39 Å². The first-order valence-electron chi connectivity index (χ1n) is 5.84. The fourth-order valence-electron chi connectivity index (χ4n) is 2.72. The number of aliphatic hydroxyl groups is 1. The number of nitrogens with zero attached hydrogens (tertiary/aromatic N) is 1. The van der Waals surface area contributed by atoms with Gasteiger partial charge in [-0.3, -0.25) is 14.5 Å². The molecule has 0 bridgehead atoms. The number of amides is 2. The Bertz CT molecular complexity index is 509. The van der Waals surface area contributed by atoms with Gasteiger partial charge in [0.05, 0.1) is 18.4 Å². The first kappa shape index (κ1) is 11.3. The average molecular weight is 249 g/mol. The highest BCUT2D eigenvalue weighted by Gasteiger charge is 2.66. The average Bonchev–Trinajstić information content (AvgIpc) is 3.03. The molecule has 0 spiro atoms. The smallest absolute Gasteiger partial charge is 0.233 e. The van der Waals surface area contributed by atoms with Gasteiger partial charge in [-0.15, -0.1) is 0 Å². The van der Waals surface area contributed by atoms with E-state index >= 15 is 0 Å². The summed E-state index contributed by atoms with van der Waals surface area (Å²) in [4.78, 5) is 25.0. The molecule has 2 amide bonds. The monoisotopic (exact) mass is 249 g/mol. The van der Waals surface area contributed by atoms with Crippen molar-refractivity contribution in [2.45, 2.75) is 6.54 Å². The van der Waals surface area contributed by atoms with E-state index in [1.54, 1.807) is 12.1 Å². The Morgan fingerprint density at radius 1 is 1.22 bits per heavy atom. The zero-order valence-electron chi connectivity index (χ0n) is 9.54. The number of fused-ring (bicyclic) bond motifs is 1. The van der Waals surface area contributed by atoms with E-state index in [1.165, 1.54) is 12.1 Å². The van der Waals surface area contributed by atoms with Crippen LogP contribution in [-0.2, 0) is 16.1 Å². The van der Waals surface area contributed by atoms with Gasteiger partial charge in [0.15, 0.2) is 0 Å². The zero-order chi connectivity index (χ0) is 12.9. The molecule has 2 fully saturated rings. The summed E-state index contributed by atoms with van der Waals surface area (Å²) in [6.07, 6.45) is 0. The predicted octanol–water partition coefficient (Wildman–Crippen LogP) is 0.549. The van der Waals surface area contributed by atoms with Crippen molar-refractivity contribution in [3.8, 4) is 0 Å². The minimum Gasteiger partial charge on any atom is -0.396 e. The van der Waals surface area contributed by atoms with Gasteiger partial charge in [-0.1, -0.05) is 12.1 Å². The van der Waals surface area contributed by atoms with Gasteiger partial charge >= 0.3 is 0 Å². The van der Waals surface area contributed by atoms with Crippen LogP contribution in [0.1, 0.15) is 5.56 Å². The van der Waals surface area contributed by atoms with Gasteiger partial charge in [0, 0.05) is 12.5 Å². The molecule has 0 radical (unpaired) electrons. The predicted molar refractivity (Wildman–Crippen MR) is 59.5 cm³/mol. The summed E-state index contributed by atoms with van der Waals surface area (Å²) >= 11 is 0. The van der Waals surface area contributed by atoms with Crippen molar-refractivity contribution in [2.75, 3.05) is 6.61 Å². The number of hydrogen-bond donors (Lipinski definition) is 1. The number of likely N-dealkylation sites (tertiary alicyclic amines) is 1. The van der Waals surface area contributed by atoms with E-state index in [2.05, 4.69) is 0 Å². The Labute approximate surface area is 103 Å². The second-order valence-corrected chi connectivity index (χ2v) is 4.79. The first-order valence-corrected chi connectivity index (χ1v) is 5.84. The number of benzene rings is 1. The lowest BCUT2D eigenvalue weighted by Crippen LogP contribution is -2.34. The number of piperidine rings is 1. The quantitative estimate of drug-likeness (QED) is 0.796. The molecule has 18 heavy (non-hydrogen) atoms. The van der Waals surface area contributed by atoms with Crippen LogP contribution in [0.5, 0.6) is 0 Å². The first-order chi connectivity index (χ1) is 8.63. The molecular weight excluding hydrogens is 237 g/mol. The third-order valence-electron chi connectivity index (χ3n) is 3.71. The number of hydrogen-bond acceptors (Lipinski definition) is 3. The summed E-state index contributed by atoms with van der Waals surface area (Å²) in [6.45, 7) is -0.0127. The summed E-state index contributed by atoms with van der Waals surface area (Å²) in [7, 11) is 0. The van der Waals surface area contributed by atoms with Crippen LogP contribution in [0.15, 0.2) is 24.3 Å². The normalized spacial score (nSPS) is 29.7. The van der Waals surface area contributed by atoms with Gasteiger partial charge in [0.2, 0.25) is 11.8 Å². The van der Waals surface area contributed by atoms with Crippen molar-refractivity contribution in [3.05, 3.63) is 35.6 Å². The van der Waals surface area contributed by atoms with E-state index in [-0.39, 0.29) is 48.5 Å². The SMILES string of the molecule is O=C1C2C(CO)C2C(=O)N1Cc1cccc(F)c1. The van der Waals surface area contributed by atoms with Crippen LogP contribution < -0.4 is 0 Å². The molecule has 1 heterocycles. The molecule has 94 valence electrons. The van der Waals surface area contributed by atoms with E-state index < -0.39 is 0 Å². The molecule has 1 N–H and O–H groups in total. The van der Waals surface area contributed by atoms with E-state index in [9.17, 15) is 14.0 Å². The lowest BCUT2D eigenvalue weighted by atomic mass is 10.2. The fourth-order valence-corrected chi connectivity index (χ4v) is 2.72. The molecule has 1 saturated carbocycles. The maximum Gasteiger partial charge on any atom is 0.233 e. The van der Waals surface area contributed by atoms with Gasteiger partial charge in [0.25, 0.3) is 0 Å². The second kappa shape index (κ2) is 3.88. The largest absolute Gasteiger partial charge is 0.396 e. The third-order valence-corrected chi connectivity index (χ3v) is 3.71. The van der Waals surface area contributed by atoms with Crippen LogP contribution in [0.2, 0.25) is 0 Å². The Kier molecular flexibility index (Phi) is 2.45. The molecule has 1 aromatic rings. The summed E-state index contributed by atoms with van der Waals surface area (Å²) < 4.78 is 13.0. The summed E-state index contributed by atoms with van der Waals surface area (Å²) in [6, 6.07) is 5.86. The van der Waals surface area contributed by atoms with Crippen LogP contribution in [0, 0.1) is 23.6 Å². The van der Waals surface area contributed by atoms with E-state index in [4.69, 9.17) is 5.11 Å². The fraction of sp³-hybridized carbons (Fsp3) is 0.385. The van der Waals surface area contributed by atoms with Crippen LogP contribution >= 0.6 is 0 Å². The summed E-state index contributed by atoms with van der Waals surface area (Å²) in [5, 5.41) is 8.99. The number of carbonyl (C=O) groups is 2. The van der Waals surface area contributed by atoms with Crippen molar-refractivity contribution in [1.82, 2.24) is 4.90 Å². The minimum absolute atomic E-state index is 0.112. The van der Waals surface area contributed by atoms with Crippen molar-refractivity contribution in [2.24, 2.45) is 17.8 Å². The van der Waals surface area contributed by atoms with Crippen LogP contribution in [-0.4, -0.2) is 28.4 Å². The van der Waals surface area contributed by atoms with Crippen LogP contribution in [0.3, 0.4) is 0 Å². The van der Waals surface area contributed by atoms with Crippen molar-refractivity contribution >= 4 is 11.8 Å². The van der Waals surface area contributed by atoms with Gasteiger partial charge in [0.1, 0.15) is 5.82 Å². The maximum absolute atomic E-state index is 13.0. The molecular formula is C13H12FNO3. The number of imide groups is 1. The number of rotatable bonds is 3. The number of aliphatic hydroxyl groups excluding tert-OH is 1. The molecule has 1 aliphatic heterocycles. The van der Waals surface area contributed by atoms with Gasteiger partial charge in [-0.2, -0.15) is 0 Å². The van der Waals surface area contributed by atoms with Gasteiger partial charge in [-0.05, 0) is 17.7 Å². The molecule has 2 aliphatic rings. The topological polar surface area (TPSA) is 57.6 Å². The molecule has 4 nitrogen and oxygen atoms in total. The van der Waals surface area contributed by atoms with Crippen molar-refractivity contribution in [1.29, 1.82) is 0 Å². The van der Waals surface area contributed by atoms with Crippen molar-refractivity contribution < 1.29 is 19.1 Å². The van der Waals surface area contributed by atoms with Crippen molar-refractivity contribution in [3.63, 3.8) is 0 Å². The highest BCUT2D eigenvalue weighted by molar-refractivity contribution is 6.09. The second-order valence-electron chi connectivity index (χ2n) is 4.79. The molecule has 3 rings (SSSR count). The Morgan fingerprint density at radius 2 is 1.89 bits per heavy atom. The Morgan fingerprint density at radius 3 is 2.44 bits per heavy atom. The summed E-state index contributed by atoms with van der Waals surface area (Å²) in [5.41, 5.74) is 0.596. The minimum atomic E-state index is -0.384. The van der Waals surface area contributed by atoms with E-state index in [0.29, 0.717) is 5.56 Å². The Balaban J connectivity index is 1.76. The molecule has 5 heteroatoms. The lowest BCUT2D eigenvalue weighted by molar-refractivity contribution is -0.143. The molecule has 2 atom stereocenters. The number of halogens is 1. The number of carbonyl (C=O) groups excluding carboxylic acids is 2. The molecule has 0 aromatic heterocycles. The highest BCUT2D eigenvalue weighted by atomic mass is 19.1. The Hall–Kier alpha value is -1.75. The van der Waals surface area contributed by atoms with E-state index in [0.717, 1.165) is 4.90 Å².